The highest BCUT2D eigenvalue weighted by atomic mass is 32.2. The number of rotatable bonds is 9. The molecule has 1 heterocycles. The molecule has 1 fully saturated rings. The minimum atomic E-state index is -0.475. The van der Waals surface area contributed by atoms with Gasteiger partial charge >= 0.3 is 0 Å². The Morgan fingerprint density at radius 1 is 1.31 bits per heavy atom. The van der Waals surface area contributed by atoms with Gasteiger partial charge < -0.3 is 14.6 Å². The quantitative estimate of drug-likeness (QED) is 0.397. The Labute approximate surface area is 215 Å². The van der Waals surface area contributed by atoms with Crippen molar-refractivity contribution in [1.82, 2.24) is 14.6 Å². The first kappa shape index (κ1) is 27.2. The van der Waals surface area contributed by atoms with Crippen molar-refractivity contribution in [2.45, 2.75) is 50.4 Å². The predicted molar refractivity (Wildman–Crippen MR) is 145 cm³/mol. The molecule has 0 radical (unpaired) electrons. The van der Waals surface area contributed by atoms with Crippen LogP contribution in [0.5, 0.6) is 0 Å². The molecule has 1 aromatic carbocycles. The number of amides is 1. The zero-order chi connectivity index (χ0) is 26.3. The van der Waals surface area contributed by atoms with E-state index in [-0.39, 0.29) is 22.4 Å². The van der Waals surface area contributed by atoms with Crippen LogP contribution in [0.1, 0.15) is 55.1 Å². The average molecular weight is 508 g/mol. The lowest BCUT2D eigenvalue weighted by atomic mass is 10.1. The third-order valence-electron chi connectivity index (χ3n) is 5.60. The summed E-state index contributed by atoms with van der Waals surface area (Å²) >= 11 is 1.71. The van der Waals surface area contributed by atoms with Crippen LogP contribution < -0.4 is 26.2 Å². The van der Waals surface area contributed by atoms with E-state index < -0.39 is 11.5 Å². The Kier molecular flexibility index (Phi) is 8.77. The van der Waals surface area contributed by atoms with Crippen molar-refractivity contribution in [1.29, 1.82) is 5.26 Å². The number of carbonyl (C=O) groups excluding carboxylic acids is 1. The summed E-state index contributed by atoms with van der Waals surface area (Å²) in [6.45, 7) is 7.13. The molecule has 2 N–H and O–H groups in total. The number of nitrogens with zero attached hydrogens (tertiary/aromatic N) is 3. The summed E-state index contributed by atoms with van der Waals surface area (Å²) in [6, 6.07) is 10.5. The zero-order valence-corrected chi connectivity index (χ0v) is 22.2. The number of nitrogens with one attached hydrogen (secondary N) is 2. The molecular weight excluding hydrogens is 474 g/mol. The summed E-state index contributed by atoms with van der Waals surface area (Å²) in [5, 5.41) is 12.9. The first-order valence-corrected chi connectivity index (χ1v) is 12.6. The molecule has 36 heavy (non-hydrogen) atoms. The summed E-state index contributed by atoms with van der Waals surface area (Å²) in [7, 11) is 3.28. The summed E-state index contributed by atoms with van der Waals surface area (Å²) in [5.41, 5.74) is 0.990. The fourth-order valence-electron chi connectivity index (χ4n) is 3.30. The number of benzene rings is 1. The van der Waals surface area contributed by atoms with Gasteiger partial charge in [-0.25, -0.2) is 0 Å². The second-order valence-electron chi connectivity index (χ2n) is 9.89. The minimum absolute atomic E-state index is 0.00593. The molecule has 1 aliphatic rings. The maximum atomic E-state index is 13.1. The van der Waals surface area contributed by atoms with E-state index in [1.54, 1.807) is 74.9 Å². The van der Waals surface area contributed by atoms with Gasteiger partial charge in [-0.05, 0) is 63.5 Å². The molecule has 1 aliphatic carbocycles. The van der Waals surface area contributed by atoms with Crippen LogP contribution in [0.15, 0.2) is 40.1 Å². The van der Waals surface area contributed by atoms with Crippen LogP contribution in [0.4, 0.5) is 0 Å². The molecule has 1 saturated carbocycles. The molecule has 9 heteroatoms. The van der Waals surface area contributed by atoms with Gasteiger partial charge in [-0.2, -0.15) is 5.26 Å². The highest BCUT2D eigenvalue weighted by Crippen LogP contribution is 2.47. The highest BCUT2D eigenvalue weighted by Gasteiger charge is 2.45. The van der Waals surface area contributed by atoms with Crippen LogP contribution in [0.2, 0.25) is 0 Å². The van der Waals surface area contributed by atoms with Crippen molar-refractivity contribution in [3.05, 3.63) is 67.9 Å². The number of ether oxygens (including phenoxy) is 1. The van der Waals surface area contributed by atoms with E-state index in [0.717, 1.165) is 18.4 Å². The Hall–Kier alpha value is -3.35. The van der Waals surface area contributed by atoms with Crippen LogP contribution in [0, 0.1) is 11.3 Å². The molecule has 2 aromatic rings. The Morgan fingerprint density at radius 2 is 2.00 bits per heavy atom. The fraction of sp³-hybridized carbons (Fsp3) is 0.407. The molecule has 1 amide bonds. The van der Waals surface area contributed by atoms with Crippen molar-refractivity contribution < 1.29 is 9.53 Å². The van der Waals surface area contributed by atoms with E-state index >= 15 is 0 Å². The van der Waals surface area contributed by atoms with E-state index in [4.69, 9.17) is 10.00 Å². The van der Waals surface area contributed by atoms with Crippen molar-refractivity contribution >= 4 is 36.4 Å². The zero-order valence-electron chi connectivity index (χ0n) is 21.4. The van der Waals surface area contributed by atoms with E-state index in [2.05, 4.69) is 41.9 Å². The molecule has 0 spiro atoms. The van der Waals surface area contributed by atoms with Gasteiger partial charge in [-0.3, -0.25) is 19.3 Å². The van der Waals surface area contributed by atoms with E-state index in [9.17, 15) is 9.59 Å². The smallest absolute Gasteiger partial charge is 0.263 e. The van der Waals surface area contributed by atoms with Crippen LogP contribution in [-0.4, -0.2) is 40.6 Å². The van der Waals surface area contributed by atoms with Gasteiger partial charge in [-0.15, -0.1) is 0 Å². The first-order chi connectivity index (χ1) is 17.1. The number of nitriles is 1. The third-order valence-corrected chi connectivity index (χ3v) is 7.27. The number of aliphatic imine (C=N–C) groups is 1. The van der Waals surface area contributed by atoms with Crippen molar-refractivity contribution in [2.24, 2.45) is 12.0 Å². The number of carbonyl (C=O) groups is 1. The monoisotopic (exact) mass is 507 g/mol. The molecule has 8 nitrogen and oxygen atoms in total. The number of hydrogen-bond donors (Lipinski definition) is 2. The SMILES string of the molecule is CN=C/C=c1/cc(C(=O)NCc2ccc(C#N)cc2)c(=O)n(C)/c1=C\OCC1(SNC(C)(C)C)CC1. The first-order valence-electron chi connectivity index (χ1n) is 11.7. The lowest BCUT2D eigenvalue weighted by Gasteiger charge is -2.23. The van der Waals surface area contributed by atoms with Crippen LogP contribution in [-0.2, 0) is 18.3 Å². The number of pyridine rings is 1. The van der Waals surface area contributed by atoms with E-state index in [1.807, 2.05) is 0 Å². The summed E-state index contributed by atoms with van der Waals surface area (Å²) in [5.74, 6) is -0.475. The van der Waals surface area contributed by atoms with E-state index in [1.165, 1.54) is 4.57 Å². The molecule has 0 aliphatic heterocycles. The van der Waals surface area contributed by atoms with Crippen LogP contribution in [0.25, 0.3) is 12.3 Å². The van der Waals surface area contributed by atoms with Gasteiger partial charge in [0, 0.05) is 37.6 Å². The Morgan fingerprint density at radius 3 is 2.58 bits per heavy atom. The molecule has 3 rings (SSSR count). The molecule has 0 saturated heterocycles. The summed E-state index contributed by atoms with van der Waals surface area (Å²) in [6.07, 6.45) is 7.07. The van der Waals surface area contributed by atoms with Crippen molar-refractivity contribution in [2.75, 3.05) is 13.7 Å². The standard InChI is InChI=1S/C27H33N5O3S/c1-26(2,3)31-36-27(11-12-27)18-35-17-23-21(10-13-29-4)14-22(25(34)32(23)5)24(33)30-16-20-8-6-19(15-28)7-9-20/h6-10,13-14,17,31H,11-12,16,18H2,1-5H3,(H,30,33)/b21-10-,23-17-,29-13?. The van der Waals surface area contributed by atoms with Gasteiger partial charge in [0.25, 0.3) is 11.5 Å². The molecular formula is C27H33N5O3S. The topological polar surface area (TPSA) is 109 Å². The van der Waals surface area contributed by atoms with E-state index in [0.29, 0.717) is 22.7 Å². The second-order valence-corrected chi connectivity index (χ2v) is 11.2. The van der Waals surface area contributed by atoms with Gasteiger partial charge in [0.15, 0.2) is 0 Å². The number of aromatic nitrogens is 1. The maximum absolute atomic E-state index is 13.1. The fourth-order valence-corrected chi connectivity index (χ4v) is 4.25. The minimum Gasteiger partial charge on any atom is -0.497 e. The van der Waals surface area contributed by atoms with Gasteiger partial charge in [0.05, 0.1) is 21.7 Å². The molecule has 0 atom stereocenters. The summed E-state index contributed by atoms with van der Waals surface area (Å²) < 4.78 is 10.9. The van der Waals surface area contributed by atoms with Gasteiger partial charge in [0.2, 0.25) is 0 Å². The molecule has 0 bridgehead atoms. The second kappa shape index (κ2) is 11.6. The predicted octanol–water partition coefficient (Wildman–Crippen LogP) is 1.99. The maximum Gasteiger partial charge on any atom is 0.263 e. The number of hydrogen-bond acceptors (Lipinski definition) is 7. The lowest BCUT2D eigenvalue weighted by Crippen LogP contribution is -2.46. The molecule has 1 aromatic heterocycles. The third kappa shape index (κ3) is 7.33. The summed E-state index contributed by atoms with van der Waals surface area (Å²) in [4.78, 5) is 30.0. The lowest BCUT2D eigenvalue weighted by molar-refractivity contribution is 0.0948. The van der Waals surface area contributed by atoms with Gasteiger partial charge in [-0.1, -0.05) is 24.1 Å². The highest BCUT2D eigenvalue weighted by molar-refractivity contribution is 7.99. The van der Waals surface area contributed by atoms with Crippen molar-refractivity contribution in [3.8, 4) is 6.07 Å². The van der Waals surface area contributed by atoms with Crippen LogP contribution in [0.3, 0.4) is 0 Å². The average Bonchev–Trinajstić information content (AvgIpc) is 3.63. The largest absolute Gasteiger partial charge is 0.497 e. The normalized spacial score (nSPS) is 15.7. The molecule has 190 valence electrons. The van der Waals surface area contributed by atoms with Gasteiger partial charge in [0.1, 0.15) is 18.4 Å². The Bertz CT molecular complexity index is 1340. The molecule has 0 unspecified atom stereocenters. The van der Waals surface area contributed by atoms with Crippen molar-refractivity contribution in [3.63, 3.8) is 0 Å². The van der Waals surface area contributed by atoms with Crippen LogP contribution >= 0.6 is 11.9 Å². The Balaban J connectivity index is 1.81.